The van der Waals surface area contributed by atoms with Gasteiger partial charge in [0.05, 0.1) is 0 Å². The van der Waals surface area contributed by atoms with Gasteiger partial charge in [-0.3, -0.25) is 14.4 Å². The van der Waals surface area contributed by atoms with Crippen molar-refractivity contribution in [1.29, 1.82) is 0 Å². The lowest BCUT2D eigenvalue weighted by atomic mass is 10.1. The van der Waals surface area contributed by atoms with Crippen molar-refractivity contribution in [2.75, 3.05) is 32.7 Å². The predicted octanol–water partition coefficient (Wildman–Crippen LogP) is 1.71. The maximum absolute atomic E-state index is 12.9. The fourth-order valence-corrected chi connectivity index (χ4v) is 3.08. The highest BCUT2D eigenvalue weighted by atomic mass is 19.1. The Labute approximate surface area is 162 Å². The number of carbonyl (C=O) groups excluding carboxylic acids is 3. The lowest BCUT2D eigenvalue weighted by molar-refractivity contribution is -0.119. The summed E-state index contributed by atoms with van der Waals surface area (Å²) in [6, 6.07) is 12.8. The molecule has 3 amide bonds. The molecule has 1 aliphatic heterocycles. The Morgan fingerprint density at radius 3 is 2.36 bits per heavy atom. The van der Waals surface area contributed by atoms with Crippen molar-refractivity contribution in [2.24, 2.45) is 0 Å². The molecular formula is C21H22FN3O3. The SMILES string of the molecule is O=CN1CCN(C(=O)c2cccc(C(=O)NCCc3ccc(F)cc3)c2)CC1. The Morgan fingerprint density at radius 2 is 1.68 bits per heavy atom. The fraction of sp³-hybridized carbons (Fsp3) is 0.286. The molecule has 0 aliphatic carbocycles. The highest BCUT2D eigenvalue weighted by Gasteiger charge is 2.21. The first-order chi connectivity index (χ1) is 13.6. The summed E-state index contributed by atoms with van der Waals surface area (Å²) in [7, 11) is 0. The molecule has 7 heteroatoms. The predicted molar refractivity (Wildman–Crippen MR) is 102 cm³/mol. The molecule has 1 saturated heterocycles. The van der Waals surface area contributed by atoms with Crippen LogP contribution in [0.1, 0.15) is 26.3 Å². The summed E-state index contributed by atoms with van der Waals surface area (Å²) in [6.07, 6.45) is 1.38. The molecule has 3 rings (SSSR count). The molecule has 0 radical (unpaired) electrons. The van der Waals surface area contributed by atoms with E-state index in [0.717, 1.165) is 12.0 Å². The first-order valence-corrected chi connectivity index (χ1v) is 9.18. The van der Waals surface area contributed by atoms with Crippen LogP contribution in [0.4, 0.5) is 4.39 Å². The third-order valence-electron chi connectivity index (χ3n) is 4.73. The summed E-state index contributed by atoms with van der Waals surface area (Å²) >= 11 is 0. The van der Waals surface area contributed by atoms with Gasteiger partial charge in [0.1, 0.15) is 5.82 Å². The zero-order valence-corrected chi connectivity index (χ0v) is 15.4. The van der Waals surface area contributed by atoms with Gasteiger partial charge >= 0.3 is 0 Å². The van der Waals surface area contributed by atoms with Gasteiger partial charge in [0.15, 0.2) is 0 Å². The molecule has 2 aromatic carbocycles. The summed E-state index contributed by atoms with van der Waals surface area (Å²) in [6.45, 7) is 2.39. The van der Waals surface area contributed by atoms with Crippen LogP contribution in [0.15, 0.2) is 48.5 Å². The Kier molecular flexibility index (Phi) is 6.37. The minimum Gasteiger partial charge on any atom is -0.352 e. The molecule has 0 aromatic heterocycles. The molecular weight excluding hydrogens is 361 g/mol. The van der Waals surface area contributed by atoms with E-state index in [1.165, 1.54) is 12.1 Å². The molecule has 0 unspecified atom stereocenters. The van der Waals surface area contributed by atoms with Gasteiger partial charge in [-0.1, -0.05) is 18.2 Å². The molecule has 0 bridgehead atoms. The summed E-state index contributed by atoms with van der Waals surface area (Å²) in [5, 5.41) is 2.82. The van der Waals surface area contributed by atoms with Crippen LogP contribution in [0.2, 0.25) is 0 Å². The minimum absolute atomic E-state index is 0.147. The van der Waals surface area contributed by atoms with E-state index in [1.54, 1.807) is 46.2 Å². The Hall–Kier alpha value is -3.22. The van der Waals surface area contributed by atoms with E-state index in [1.807, 2.05) is 0 Å². The maximum Gasteiger partial charge on any atom is 0.253 e. The van der Waals surface area contributed by atoms with Crippen molar-refractivity contribution >= 4 is 18.2 Å². The Balaban J connectivity index is 1.56. The molecule has 1 fully saturated rings. The molecule has 28 heavy (non-hydrogen) atoms. The van der Waals surface area contributed by atoms with Crippen LogP contribution < -0.4 is 5.32 Å². The average molecular weight is 383 g/mol. The normalized spacial score (nSPS) is 13.9. The molecule has 146 valence electrons. The number of benzene rings is 2. The number of nitrogens with one attached hydrogen (secondary N) is 1. The quantitative estimate of drug-likeness (QED) is 0.772. The van der Waals surface area contributed by atoms with Crippen molar-refractivity contribution in [3.05, 3.63) is 71.0 Å². The first kappa shape index (κ1) is 19.5. The van der Waals surface area contributed by atoms with Crippen molar-refractivity contribution in [1.82, 2.24) is 15.1 Å². The van der Waals surface area contributed by atoms with E-state index < -0.39 is 0 Å². The smallest absolute Gasteiger partial charge is 0.253 e. The summed E-state index contributed by atoms with van der Waals surface area (Å²) in [5.41, 5.74) is 1.79. The summed E-state index contributed by atoms with van der Waals surface area (Å²) in [4.78, 5) is 39.1. The van der Waals surface area contributed by atoms with Crippen LogP contribution in [-0.4, -0.2) is 60.7 Å². The molecule has 0 atom stereocenters. The second kappa shape index (κ2) is 9.12. The zero-order valence-electron chi connectivity index (χ0n) is 15.4. The molecule has 0 spiro atoms. The van der Waals surface area contributed by atoms with Crippen LogP contribution in [0, 0.1) is 5.82 Å². The number of hydrogen-bond acceptors (Lipinski definition) is 3. The first-order valence-electron chi connectivity index (χ1n) is 9.18. The highest BCUT2D eigenvalue weighted by Crippen LogP contribution is 2.11. The number of rotatable bonds is 6. The number of hydrogen-bond donors (Lipinski definition) is 1. The van der Waals surface area contributed by atoms with Crippen molar-refractivity contribution in [3.63, 3.8) is 0 Å². The van der Waals surface area contributed by atoms with Gasteiger partial charge in [0.2, 0.25) is 6.41 Å². The van der Waals surface area contributed by atoms with Gasteiger partial charge in [-0.15, -0.1) is 0 Å². The van der Waals surface area contributed by atoms with E-state index in [0.29, 0.717) is 50.3 Å². The number of piperazine rings is 1. The maximum atomic E-state index is 12.9. The van der Waals surface area contributed by atoms with Crippen LogP contribution in [0.25, 0.3) is 0 Å². The molecule has 2 aromatic rings. The number of halogens is 1. The van der Waals surface area contributed by atoms with Crippen LogP contribution in [-0.2, 0) is 11.2 Å². The van der Waals surface area contributed by atoms with Gasteiger partial charge in [0.25, 0.3) is 11.8 Å². The minimum atomic E-state index is -0.290. The highest BCUT2D eigenvalue weighted by molar-refractivity contribution is 5.99. The van der Waals surface area contributed by atoms with E-state index in [-0.39, 0.29) is 17.6 Å². The van der Waals surface area contributed by atoms with E-state index in [4.69, 9.17) is 0 Å². The number of carbonyl (C=O) groups is 3. The molecule has 0 saturated carbocycles. The van der Waals surface area contributed by atoms with Crippen molar-refractivity contribution in [3.8, 4) is 0 Å². The van der Waals surface area contributed by atoms with Crippen molar-refractivity contribution in [2.45, 2.75) is 6.42 Å². The van der Waals surface area contributed by atoms with E-state index >= 15 is 0 Å². The largest absolute Gasteiger partial charge is 0.352 e. The lowest BCUT2D eigenvalue weighted by Crippen LogP contribution is -2.48. The molecule has 1 aliphatic rings. The Morgan fingerprint density at radius 1 is 1.00 bits per heavy atom. The van der Waals surface area contributed by atoms with Gasteiger partial charge in [0, 0.05) is 43.9 Å². The van der Waals surface area contributed by atoms with Crippen LogP contribution in [0.5, 0.6) is 0 Å². The van der Waals surface area contributed by atoms with Gasteiger partial charge < -0.3 is 15.1 Å². The second-order valence-corrected chi connectivity index (χ2v) is 6.65. The number of amides is 3. The third-order valence-corrected chi connectivity index (χ3v) is 4.73. The monoisotopic (exact) mass is 383 g/mol. The standard InChI is InChI=1S/C21H22FN3O3/c22-19-6-4-16(5-7-19)8-9-23-20(27)17-2-1-3-18(14-17)21(28)25-12-10-24(15-26)11-13-25/h1-7,14-15H,8-13H2,(H,23,27). The zero-order chi connectivity index (χ0) is 19.9. The second-order valence-electron chi connectivity index (χ2n) is 6.65. The van der Waals surface area contributed by atoms with Gasteiger partial charge in [-0.25, -0.2) is 4.39 Å². The third kappa shape index (κ3) is 4.94. The average Bonchev–Trinajstić information content (AvgIpc) is 2.74. The summed E-state index contributed by atoms with van der Waals surface area (Å²) < 4.78 is 12.9. The van der Waals surface area contributed by atoms with Crippen LogP contribution in [0.3, 0.4) is 0 Å². The van der Waals surface area contributed by atoms with Gasteiger partial charge in [-0.05, 0) is 42.3 Å². The van der Waals surface area contributed by atoms with Crippen LogP contribution >= 0.6 is 0 Å². The topological polar surface area (TPSA) is 69.7 Å². The number of nitrogens with zero attached hydrogens (tertiary/aromatic N) is 2. The van der Waals surface area contributed by atoms with Crippen molar-refractivity contribution < 1.29 is 18.8 Å². The fourth-order valence-electron chi connectivity index (χ4n) is 3.08. The molecule has 1 N–H and O–H groups in total. The van der Waals surface area contributed by atoms with Gasteiger partial charge in [-0.2, -0.15) is 0 Å². The Bertz CT molecular complexity index is 846. The lowest BCUT2D eigenvalue weighted by Gasteiger charge is -2.32. The molecule has 6 nitrogen and oxygen atoms in total. The molecule has 1 heterocycles. The summed E-state index contributed by atoms with van der Waals surface area (Å²) in [5.74, 6) is -0.698. The van der Waals surface area contributed by atoms with E-state index in [2.05, 4.69) is 5.32 Å². The van der Waals surface area contributed by atoms with E-state index in [9.17, 15) is 18.8 Å².